The average molecular weight is 379 g/mol. The second kappa shape index (κ2) is 7.02. The molecule has 3 nitrogen and oxygen atoms in total. The lowest BCUT2D eigenvalue weighted by Crippen LogP contribution is -2.16. The molecule has 0 aromatic heterocycles. The summed E-state index contributed by atoms with van der Waals surface area (Å²) in [6.45, 7) is 0. The van der Waals surface area contributed by atoms with Crippen molar-refractivity contribution < 1.29 is 9.47 Å². The van der Waals surface area contributed by atoms with Gasteiger partial charge in [0.25, 0.3) is 0 Å². The summed E-state index contributed by atoms with van der Waals surface area (Å²) in [4.78, 5) is 0. The second-order valence-corrected chi connectivity index (χ2v) is 7.13. The number of nitrogen functional groups attached to an aromatic ring is 1. The van der Waals surface area contributed by atoms with Crippen LogP contribution in [0.3, 0.4) is 0 Å². The third kappa shape index (κ3) is 2.92. The third-order valence-electron chi connectivity index (χ3n) is 5.43. The first-order chi connectivity index (χ1) is 14.3. The van der Waals surface area contributed by atoms with E-state index in [9.17, 15) is 0 Å². The molecule has 142 valence electrons. The molecule has 1 unspecified atom stereocenters. The molecular weight excluding hydrogens is 358 g/mol. The molecule has 29 heavy (non-hydrogen) atoms. The summed E-state index contributed by atoms with van der Waals surface area (Å²) in [5.41, 5.74) is 13.4. The van der Waals surface area contributed by atoms with Crippen molar-refractivity contribution in [2.75, 3.05) is 12.8 Å². The first kappa shape index (κ1) is 17.4. The number of hydrogen-bond donors (Lipinski definition) is 1. The molecule has 0 amide bonds. The second-order valence-electron chi connectivity index (χ2n) is 7.13. The smallest absolute Gasteiger partial charge is 0.149 e. The summed E-state index contributed by atoms with van der Waals surface area (Å²) >= 11 is 0. The molecule has 2 N–H and O–H groups in total. The first-order valence-electron chi connectivity index (χ1n) is 9.64. The van der Waals surface area contributed by atoms with E-state index in [0.29, 0.717) is 0 Å². The maximum absolute atomic E-state index is 6.50. The molecule has 1 heterocycles. The Morgan fingerprint density at radius 2 is 1.59 bits per heavy atom. The Bertz CT molecular complexity index is 1180. The fraction of sp³-hybridized carbons (Fsp3) is 0.0769. The van der Waals surface area contributed by atoms with Crippen molar-refractivity contribution in [1.29, 1.82) is 0 Å². The Kier molecular flexibility index (Phi) is 4.21. The summed E-state index contributed by atoms with van der Waals surface area (Å²) in [5.74, 6) is 1.64. The molecule has 0 fully saturated rings. The Labute approximate surface area is 170 Å². The Morgan fingerprint density at radius 1 is 0.793 bits per heavy atom. The lowest BCUT2D eigenvalue weighted by molar-refractivity contribution is 0.242. The highest BCUT2D eigenvalue weighted by Crippen LogP contribution is 2.49. The summed E-state index contributed by atoms with van der Waals surface area (Å²) < 4.78 is 12.1. The highest BCUT2D eigenvalue weighted by atomic mass is 16.5. The van der Waals surface area contributed by atoms with Gasteiger partial charge in [-0.25, -0.2) is 0 Å². The molecule has 0 spiro atoms. The van der Waals surface area contributed by atoms with E-state index in [0.717, 1.165) is 50.6 Å². The number of fused-ring (bicyclic) bond motifs is 3. The van der Waals surface area contributed by atoms with Gasteiger partial charge >= 0.3 is 0 Å². The highest BCUT2D eigenvalue weighted by molar-refractivity contribution is 5.85. The van der Waals surface area contributed by atoms with Crippen LogP contribution in [0.2, 0.25) is 0 Å². The van der Waals surface area contributed by atoms with Crippen molar-refractivity contribution >= 4 is 5.69 Å². The summed E-state index contributed by atoms with van der Waals surface area (Å²) in [7, 11) is 1.69. The highest BCUT2D eigenvalue weighted by Gasteiger charge is 2.30. The van der Waals surface area contributed by atoms with Crippen LogP contribution < -0.4 is 15.2 Å². The Morgan fingerprint density at radius 3 is 2.38 bits per heavy atom. The van der Waals surface area contributed by atoms with Gasteiger partial charge < -0.3 is 15.2 Å². The zero-order valence-corrected chi connectivity index (χ0v) is 16.1. The van der Waals surface area contributed by atoms with Gasteiger partial charge in [-0.15, -0.1) is 0 Å². The van der Waals surface area contributed by atoms with Crippen LogP contribution in [0.1, 0.15) is 17.2 Å². The van der Waals surface area contributed by atoms with Gasteiger partial charge in [0.2, 0.25) is 0 Å². The molecule has 0 saturated carbocycles. The maximum atomic E-state index is 6.50. The minimum Gasteiger partial charge on any atom is -0.496 e. The molecule has 3 heteroatoms. The van der Waals surface area contributed by atoms with E-state index >= 15 is 0 Å². The van der Waals surface area contributed by atoms with Crippen molar-refractivity contribution in [3.63, 3.8) is 0 Å². The fourth-order valence-electron chi connectivity index (χ4n) is 4.05. The van der Waals surface area contributed by atoms with E-state index in [-0.39, 0.29) is 6.10 Å². The SMILES string of the molecule is COc1cccc2c1-c1ccc(-c3ccccc3N)cc1C(c1ccccc1)O2. The van der Waals surface area contributed by atoms with Crippen molar-refractivity contribution in [2.45, 2.75) is 6.10 Å². The molecule has 4 aromatic carbocycles. The molecule has 4 aromatic rings. The molecule has 0 radical (unpaired) electrons. The van der Waals surface area contributed by atoms with Crippen LogP contribution in [0.25, 0.3) is 22.3 Å². The van der Waals surface area contributed by atoms with Crippen molar-refractivity contribution in [3.8, 4) is 33.8 Å². The van der Waals surface area contributed by atoms with E-state index in [1.165, 1.54) is 0 Å². The van der Waals surface area contributed by atoms with Crippen LogP contribution >= 0.6 is 0 Å². The Hall–Kier alpha value is -3.72. The maximum Gasteiger partial charge on any atom is 0.149 e. The zero-order chi connectivity index (χ0) is 19.8. The van der Waals surface area contributed by atoms with Gasteiger partial charge in [0, 0.05) is 16.8 Å². The van der Waals surface area contributed by atoms with Gasteiger partial charge in [-0.1, -0.05) is 66.7 Å². The van der Waals surface area contributed by atoms with Gasteiger partial charge in [0.15, 0.2) is 0 Å². The number of ether oxygens (including phenoxy) is 2. The van der Waals surface area contributed by atoms with Crippen LogP contribution in [-0.4, -0.2) is 7.11 Å². The van der Waals surface area contributed by atoms with E-state index in [2.05, 4.69) is 30.3 Å². The van der Waals surface area contributed by atoms with E-state index < -0.39 is 0 Å². The number of anilines is 1. The van der Waals surface area contributed by atoms with Crippen LogP contribution in [0.4, 0.5) is 5.69 Å². The topological polar surface area (TPSA) is 44.5 Å². The minimum atomic E-state index is -0.198. The van der Waals surface area contributed by atoms with Crippen molar-refractivity contribution in [2.24, 2.45) is 0 Å². The molecule has 5 rings (SSSR count). The standard InChI is InChI=1S/C26H21NO2/c1-28-23-12-7-13-24-25(23)20-15-14-18(19-10-5-6-11-22(19)27)16-21(20)26(29-24)17-8-3-2-4-9-17/h2-16,26H,27H2,1H3. The minimum absolute atomic E-state index is 0.198. The number of para-hydroxylation sites is 1. The largest absolute Gasteiger partial charge is 0.496 e. The van der Waals surface area contributed by atoms with Crippen LogP contribution in [0.5, 0.6) is 11.5 Å². The first-order valence-corrected chi connectivity index (χ1v) is 9.64. The average Bonchev–Trinajstić information content (AvgIpc) is 2.78. The van der Waals surface area contributed by atoms with Crippen molar-refractivity contribution in [1.82, 2.24) is 0 Å². The van der Waals surface area contributed by atoms with Crippen LogP contribution in [0.15, 0.2) is 91.0 Å². The number of nitrogens with two attached hydrogens (primary N) is 1. The van der Waals surface area contributed by atoms with E-state index in [1.807, 2.05) is 60.7 Å². The predicted octanol–water partition coefficient (Wildman–Crippen LogP) is 6.09. The number of rotatable bonds is 3. The van der Waals surface area contributed by atoms with Crippen LogP contribution in [0, 0.1) is 0 Å². The number of hydrogen-bond acceptors (Lipinski definition) is 3. The van der Waals surface area contributed by atoms with Gasteiger partial charge in [-0.3, -0.25) is 0 Å². The molecular formula is C26H21NO2. The quantitative estimate of drug-likeness (QED) is 0.438. The monoisotopic (exact) mass is 379 g/mol. The van der Waals surface area contributed by atoms with Gasteiger partial charge in [-0.2, -0.15) is 0 Å². The number of benzene rings is 4. The lowest BCUT2D eigenvalue weighted by Gasteiger charge is -2.30. The lowest BCUT2D eigenvalue weighted by atomic mass is 9.86. The summed E-state index contributed by atoms with van der Waals surface area (Å²) in [5, 5.41) is 0. The van der Waals surface area contributed by atoms with Crippen molar-refractivity contribution in [3.05, 3.63) is 102 Å². The molecule has 0 saturated heterocycles. The number of methoxy groups -OCH3 is 1. The molecule has 0 bridgehead atoms. The summed E-state index contributed by atoms with van der Waals surface area (Å²) in [6, 6.07) is 30.6. The van der Waals surface area contributed by atoms with Crippen LogP contribution in [-0.2, 0) is 0 Å². The van der Waals surface area contributed by atoms with E-state index in [4.69, 9.17) is 15.2 Å². The van der Waals surface area contributed by atoms with Gasteiger partial charge in [-0.05, 0) is 41.0 Å². The van der Waals surface area contributed by atoms with E-state index in [1.54, 1.807) is 7.11 Å². The fourth-order valence-corrected chi connectivity index (χ4v) is 4.05. The van der Waals surface area contributed by atoms with Gasteiger partial charge in [0.05, 0.1) is 12.7 Å². The normalized spacial score (nSPS) is 14.4. The molecule has 1 atom stereocenters. The molecule has 1 aliphatic heterocycles. The molecule has 1 aliphatic rings. The predicted molar refractivity (Wildman–Crippen MR) is 117 cm³/mol. The van der Waals surface area contributed by atoms with Gasteiger partial charge in [0.1, 0.15) is 17.6 Å². The molecule has 0 aliphatic carbocycles. The third-order valence-corrected chi connectivity index (χ3v) is 5.43. The zero-order valence-electron chi connectivity index (χ0n) is 16.1. The Balaban J connectivity index is 1.75. The summed E-state index contributed by atoms with van der Waals surface area (Å²) in [6.07, 6.45) is -0.198.